The lowest BCUT2D eigenvalue weighted by Gasteiger charge is -2.27. The number of non-ortho nitro benzene ring substituents is 1. The third-order valence-electron chi connectivity index (χ3n) is 4.88. The average molecular weight is 341 g/mol. The summed E-state index contributed by atoms with van der Waals surface area (Å²) < 4.78 is 0. The number of fused-ring (bicyclic) bond motifs is 2. The van der Waals surface area contributed by atoms with Gasteiger partial charge in [0.2, 0.25) is 5.91 Å². The van der Waals surface area contributed by atoms with E-state index in [0.717, 1.165) is 11.1 Å². The summed E-state index contributed by atoms with van der Waals surface area (Å²) in [5, 5.41) is 25.1. The number of allylic oxidation sites excluding steroid dienone is 4. The van der Waals surface area contributed by atoms with Crippen LogP contribution in [0.4, 0.5) is 11.4 Å². The molecule has 0 radical (unpaired) electrons. The van der Waals surface area contributed by atoms with Crippen LogP contribution in [-0.4, -0.2) is 16.8 Å². The van der Waals surface area contributed by atoms with Gasteiger partial charge in [-0.1, -0.05) is 29.4 Å². The Bertz CT molecular complexity index is 823. The molecule has 4 atom stereocenters. The third kappa shape index (κ3) is 2.82. The zero-order valence-electron chi connectivity index (χ0n) is 13.8. The van der Waals surface area contributed by atoms with Crippen molar-refractivity contribution >= 4 is 23.3 Å². The van der Waals surface area contributed by atoms with E-state index in [2.05, 4.69) is 5.32 Å². The van der Waals surface area contributed by atoms with Crippen molar-refractivity contribution in [2.45, 2.75) is 13.8 Å². The maximum atomic E-state index is 12.7. The lowest BCUT2D eigenvalue weighted by Crippen LogP contribution is -2.42. The van der Waals surface area contributed by atoms with E-state index in [1.54, 1.807) is 0 Å². The lowest BCUT2D eigenvalue weighted by molar-refractivity contribution is -0.384. The Kier molecular flexibility index (Phi) is 4.16. The highest BCUT2D eigenvalue weighted by Gasteiger charge is 2.52. The Morgan fingerprint density at radius 2 is 1.76 bits per heavy atom. The van der Waals surface area contributed by atoms with E-state index in [1.807, 2.05) is 26.0 Å². The number of carbonyl (C=O) groups is 2. The van der Waals surface area contributed by atoms with Gasteiger partial charge in [-0.15, -0.1) is 0 Å². The van der Waals surface area contributed by atoms with Crippen molar-refractivity contribution < 1.29 is 19.6 Å². The Labute approximate surface area is 144 Å². The number of carboxylic acids is 1. The largest absolute Gasteiger partial charge is 0.550 e. The van der Waals surface area contributed by atoms with Crippen LogP contribution >= 0.6 is 0 Å². The van der Waals surface area contributed by atoms with Crippen molar-refractivity contribution in [3.63, 3.8) is 0 Å². The standard InChI is InChI=1S/C18H18N2O5/c1-9(2)14-12-6-7-13(14)16(18(22)23)15(12)17(21)19-10-4-3-5-11(8-10)20(24)25/h3-8,12-13,15-16H,1-2H3,(H,19,21)(H,22,23)/p-1/t12-,13+,15+,16-/m0/s1. The number of carboxylic acid groups (broad SMARTS) is 1. The number of aliphatic carboxylic acids is 1. The van der Waals surface area contributed by atoms with Crippen LogP contribution in [0.5, 0.6) is 0 Å². The number of nitro groups is 1. The first-order valence-electron chi connectivity index (χ1n) is 7.93. The SMILES string of the molecule is CC(C)=C1[C@H]2C=C[C@@H]1[C@@H](C(=O)Nc1cccc([N+](=O)[O-])c1)[C@H]2C(=O)[O-]. The number of nitro benzene ring substituents is 1. The van der Waals surface area contributed by atoms with Gasteiger partial charge in [-0.3, -0.25) is 14.9 Å². The molecule has 0 aliphatic heterocycles. The van der Waals surface area contributed by atoms with Gasteiger partial charge in [0.05, 0.1) is 10.8 Å². The topological polar surface area (TPSA) is 112 Å². The fourth-order valence-corrected chi connectivity index (χ4v) is 3.95. The van der Waals surface area contributed by atoms with Crippen LogP contribution in [0.2, 0.25) is 0 Å². The van der Waals surface area contributed by atoms with Crippen molar-refractivity contribution in [1.82, 2.24) is 0 Å². The van der Waals surface area contributed by atoms with E-state index in [4.69, 9.17) is 0 Å². The first-order chi connectivity index (χ1) is 11.8. The van der Waals surface area contributed by atoms with Crippen LogP contribution in [0.3, 0.4) is 0 Å². The van der Waals surface area contributed by atoms with Gasteiger partial charge in [-0.25, -0.2) is 0 Å². The minimum absolute atomic E-state index is 0.146. The van der Waals surface area contributed by atoms with Crippen LogP contribution in [-0.2, 0) is 9.59 Å². The van der Waals surface area contributed by atoms with E-state index < -0.39 is 28.6 Å². The predicted molar refractivity (Wildman–Crippen MR) is 88.2 cm³/mol. The summed E-state index contributed by atoms with van der Waals surface area (Å²) in [7, 11) is 0. The molecule has 1 saturated carbocycles. The number of nitrogens with zero attached hydrogens (tertiary/aromatic N) is 1. The van der Waals surface area contributed by atoms with Crippen molar-refractivity contribution in [1.29, 1.82) is 0 Å². The van der Waals surface area contributed by atoms with Crippen LogP contribution < -0.4 is 10.4 Å². The summed E-state index contributed by atoms with van der Waals surface area (Å²) >= 11 is 0. The van der Waals surface area contributed by atoms with Gasteiger partial charge in [0.15, 0.2) is 0 Å². The molecule has 1 N–H and O–H groups in total. The van der Waals surface area contributed by atoms with Crippen molar-refractivity contribution in [2.24, 2.45) is 23.7 Å². The molecule has 2 bridgehead atoms. The molecule has 7 nitrogen and oxygen atoms in total. The number of benzene rings is 1. The average Bonchev–Trinajstić information content (AvgIpc) is 3.11. The zero-order valence-corrected chi connectivity index (χ0v) is 13.8. The fraction of sp³-hybridized carbons (Fsp3) is 0.333. The quantitative estimate of drug-likeness (QED) is 0.508. The maximum absolute atomic E-state index is 12.7. The molecule has 1 fully saturated rings. The van der Waals surface area contributed by atoms with E-state index >= 15 is 0 Å². The zero-order chi connectivity index (χ0) is 18.3. The number of amides is 1. The summed E-state index contributed by atoms with van der Waals surface area (Å²) in [5.74, 6) is -4.06. The highest BCUT2D eigenvalue weighted by atomic mass is 16.6. The van der Waals surface area contributed by atoms with Crippen molar-refractivity contribution in [2.75, 3.05) is 5.32 Å². The molecule has 2 aliphatic carbocycles. The van der Waals surface area contributed by atoms with Gasteiger partial charge in [0, 0.05) is 41.5 Å². The van der Waals surface area contributed by atoms with Crippen LogP contribution in [0.15, 0.2) is 47.6 Å². The molecular weight excluding hydrogens is 324 g/mol. The summed E-state index contributed by atoms with van der Waals surface area (Å²) in [6.07, 6.45) is 3.69. The normalized spacial score (nSPS) is 26.6. The second-order valence-electron chi connectivity index (χ2n) is 6.56. The van der Waals surface area contributed by atoms with E-state index in [0.29, 0.717) is 0 Å². The van der Waals surface area contributed by atoms with E-state index in [1.165, 1.54) is 24.3 Å². The minimum atomic E-state index is -1.25. The Morgan fingerprint density at radius 1 is 1.12 bits per heavy atom. The number of hydrogen-bond donors (Lipinski definition) is 1. The van der Waals surface area contributed by atoms with Gasteiger partial charge >= 0.3 is 0 Å². The maximum Gasteiger partial charge on any atom is 0.271 e. The molecule has 0 heterocycles. The Hall–Kier alpha value is -2.96. The highest BCUT2D eigenvalue weighted by molar-refractivity contribution is 5.97. The molecule has 1 amide bonds. The summed E-state index contributed by atoms with van der Waals surface area (Å²) in [6.45, 7) is 3.80. The van der Waals surface area contributed by atoms with Gasteiger partial charge < -0.3 is 15.2 Å². The third-order valence-corrected chi connectivity index (χ3v) is 4.88. The van der Waals surface area contributed by atoms with E-state index in [9.17, 15) is 24.8 Å². The molecule has 7 heteroatoms. The van der Waals surface area contributed by atoms with Gasteiger partial charge in [-0.2, -0.15) is 0 Å². The molecule has 0 aromatic heterocycles. The smallest absolute Gasteiger partial charge is 0.271 e. The molecule has 1 aromatic rings. The van der Waals surface area contributed by atoms with E-state index in [-0.39, 0.29) is 23.2 Å². The van der Waals surface area contributed by atoms with Crippen molar-refractivity contribution in [3.05, 3.63) is 57.7 Å². The van der Waals surface area contributed by atoms with Gasteiger partial charge in [0.1, 0.15) is 0 Å². The van der Waals surface area contributed by atoms with Crippen LogP contribution in [0.1, 0.15) is 13.8 Å². The number of anilines is 1. The highest BCUT2D eigenvalue weighted by Crippen LogP contribution is 2.53. The predicted octanol–water partition coefficient (Wildman–Crippen LogP) is 1.67. The number of carbonyl (C=O) groups excluding carboxylic acids is 2. The second-order valence-corrected chi connectivity index (χ2v) is 6.56. The van der Waals surface area contributed by atoms with Crippen molar-refractivity contribution in [3.8, 4) is 0 Å². The second kappa shape index (κ2) is 6.16. The first kappa shape index (κ1) is 16.9. The summed E-state index contributed by atoms with van der Waals surface area (Å²) in [5.41, 5.74) is 2.07. The summed E-state index contributed by atoms with van der Waals surface area (Å²) in [6, 6.07) is 5.56. The Morgan fingerprint density at radius 3 is 2.32 bits per heavy atom. The first-order valence-corrected chi connectivity index (χ1v) is 7.93. The fourth-order valence-electron chi connectivity index (χ4n) is 3.95. The number of nitrogens with one attached hydrogen (secondary N) is 1. The number of hydrogen-bond acceptors (Lipinski definition) is 5. The minimum Gasteiger partial charge on any atom is -0.550 e. The number of rotatable bonds is 4. The molecular formula is C18H17N2O5-. The monoisotopic (exact) mass is 341 g/mol. The molecule has 0 unspecified atom stereocenters. The molecule has 130 valence electrons. The molecule has 25 heavy (non-hydrogen) atoms. The molecule has 0 saturated heterocycles. The van der Waals surface area contributed by atoms with Crippen LogP contribution in [0, 0.1) is 33.8 Å². The van der Waals surface area contributed by atoms with Crippen LogP contribution in [0.25, 0.3) is 0 Å². The molecule has 1 aromatic carbocycles. The Balaban J connectivity index is 1.90. The van der Waals surface area contributed by atoms with Gasteiger partial charge in [0.25, 0.3) is 5.69 Å². The summed E-state index contributed by atoms with van der Waals surface area (Å²) in [4.78, 5) is 34.7. The molecule has 3 rings (SSSR count). The lowest BCUT2D eigenvalue weighted by atomic mass is 9.82. The molecule has 2 aliphatic rings. The van der Waals surface area contributed by atoms with Gasteiger partial charge in [-0.05, 0) is 19.9 Å². The molecule has 0 spiro atoms.